The Balaban J connectivity index is 0. The van der Waals surface area contributed by atoms with Gasteiger partial charge in [0.05, 0.1) is 5.41 Å². The van der Waals surface area contributed by atoms with Crippen molar-refractivity contribution in [2.75, 3.05) is 0 Å². The zero-order valence-electron chi connectivity index (χ0n) is 12.9. The normalized spacial score (nSPS) is 17.8. The molecule has 3 nitrogen and oxygen atoms in total. The second-order valence-electron chi connectivity index (χ2n) is 7.25. The van der Waals surface area contributed by atoms with Crippen molar-refractivity contribution in [3.05, 3.63) is 0 Å². The maximum atomic E-state index is 11.8. The van der Waals surface area contributed by atoms with E-state index in [1.54, 1.807) is 13.8 Å². The van der Waals surface area contributed by atoms with E-state index in [1.165, 1.54) is 0 Å². The Morgan fingerprint density at radius 3 is 1.58 bits per heavy atom. The molecule has 0 aromatic heterocycles. The Hall–Kier alpha value is -0.860. The van der Waals surface area contributed by atoms with Crippen LogP contribution in [0.1, 0.15) is 75.2 Å². The fourth-order valence-electron chi connectivity index (χ4n) is 2.74. The molecule has 0 radical (unpaired) electrons. The van der Waals surface area contributed by atoms with Gasteiger partial charge in [-0.25, -0.2) is 0 Å². The van der Waals surface area contributed by atoms with Crippen molar-refractivity contribution in [3.63, 3.8) is 0 Å². The number of rotatable bonds is 6. The molecule has 0 saturated carbocycles. The molecule has 2 unspecified atom stereocenters. The largest absolute Gasteiger partial charge is 0.481 e. The number of hydrogen-bond donors (Lipinski definition) is 1. The summed E-state index contributed by atoms with van der Waals surface area (Å²) in [5.41, 5.74) is -1.47. The highest BCUT2D eigenvalue weighted by Gasteiger charge is 2.44. The van der Waals surface area contributed by atoms with E-state index in [0.29, 0.717) is 19.3 Å². The Labute approximate surface area is 118 Å². The lowest BCUT2D eigenvalue weighted by atomic mass is 9.64. The predicted octanol–water partition coefficient (Wildman–Crippen LogP) is 4.55. The van der Waals surface area contributed by atoms with Gasteiger partial charge in [-0.05, 0) is 38.5 Å². The second-order valence-corrected chi connectivity index (χ2v) is 7.25. The van der Waals surface area contributed by atoms with Gasteiger partial charge in [-0.15, -0.1) is 0 Å². The molecule has 0 aromatic rings. The Morgan fingerprint density at radius 2 is 1.37 bits per heavy atom. The molecule has 0 aliphatic carbocycles. The summed E-state index contributed by atoms with van der Waals surface area (Å²) in [6.07, 6.45) is 1.64. The van der Waals surface area contributed by atoms with Crippen LogP contribution in [0, 0.1) is 16.2 Å². The van der Waals surface area contributed by atoms with Crippen molar-refractivity contribution in [3.8, 4) is 0 Å². The van der Waals surface area contributed by atoms with Crippen LogP contribution in [-0.4, -0.2) is 16.9 Å². The molecular weight excluding hydrogens is 240 g/mol. The van der Waals surface area contributed by atoms with Gasteiger partial charge in [0, 0.05) is 5.41 Å². The van der Waals surface area contributed by atoms with Crippen LogP contribution in [0.2, 0.25) is 0 Å². The predicted molar refractivity (Wildman–Crippen MR) is 80.2 cm³/mol. The molecule has 2 atom stereocenters. The zero-order valence-corrected chi connectivity index (χ0v) is 12.9. The number of Topliss-reactive ketones (excluding diaryl/α,β-unsaturated/α-hetero) is 1. The minimum Gasteiger partial charge on any atom is -0.481 e. The van der Waals surface area contributed by atoms with Crippen LogP contribution in [0.4, 0.5) is 0 Å². The van der Waals surface area contributed by atoms with Crippen molar-refractivity contribution in [2.24, 2.45) is 16.2 Å². The highest BCUT2D eigenvalue weighted by atomic mass is 16.4. The third kappa shape index (κ3) is 5.75. The Bertz CT molecular complexity index is 327. The first-order valence-electron chi connectivity index (χ1n) is 6.61. The van der Waals surface area contributed by atoms with Crippen LogP contribution in [0.25, 0.3) is 0 Å². The molecule has 0 aliphatic heterocycles. The summed E-state index contributed by atoms with van der Waals surface area (Å²) < 4.78 is 0. The van der Waals surface area contributed by atoms with Crippen LogP contribution in [-0.2, 0) is 9.59 Å². The van der Waals surface area contributed by atoms with E-state index in [0.717, 1.165) is 0 Å². The number of hydrogen-bond acceptors (Lipinski definition) is 2. The quantitative estimate of drug-likeness (QED) is 0.772. The fourth-order valence-corrected chi connectivity index (χ4v) is 2.74. The van der Waals surface area contributed by atoms with Crippen molar-refractivity contribution in [2.45, 2.75) is 75.2 Å². The molecule has 0 fully saturated rings. The van der Waals surface area contributed by atoms with Crippen LogP contribution < -0.4 is 0 Å². The van der Waals surface area contributed by atoms with E-state index in [9.17, 15) is 14.7 Å². The van der Waals surface area contributed by atoms with Gasteiger partial charge < -0.3 is 5.11 Å². The van der Waals surface area contributed by atoms with Crippen molar-refractivity contribution in [1.29, 1.82) is 0 Å². The molecule has 0 aromatic carbocycles. The standard InChI is InChI=1S/C15H28O3.CH4/c1-8-14(6,11(2)16)10-15(7,12(17)18)9-13(3,4)5;/h8-10H2,1-7H3,(H,17,18);1H4. The van der Waals surface area contributed by atoms with Gasteiger partial charge in [0.2, 0.25) is 0 Å². The average molecular weight is 272 g/mol. The van der Waals surface area contributed by atoms with Crippen LogP contribution in [0.15, 0.2) is 0 Å². The molecule has 0 heterocycles. The minimum atomic E-state index is -0.852. The Kier molecular flexibility index (Phi) is 7.04. The molecule has 0 spiro atoms. The zero-order chi connectivity index (χ0) is 14.8. The maximum absolute atomic E-state index is 11.8. The van der Waals surface area contributed by atoms with Crippen molar-refractivity contribution < 1.29 is 14.7 Å². The van der Waals surface area contributed by atoms with Gasteiger partial charge in [0.1, 0.15) is 5.78 Å². The van der Waals surface area contributed by atoms with Gasteiger partial charge in [0.25, 0.3) is 0 Å². The van der Waals surface area contributed by atoms with E-state index in [4.69, 9.17) is 0 Å². The number of ketones is 1. The molecule has 0 bridgehead atoms. The summed E-state index contributed by atoms with van der Waals surface area (Å²) in [7, 11) is 0. The van der Waals surface area contributed by atoms with E-state index in [-0.39, 0.29) is 18.6 Å². The summed E-state index contributed by atoms with van der Waals surface area (Å²) in [4.78, 5) is 23.4. The van der Waals surface area contributed by atoms with Gasteiger partial charge in [-0.3, -0.25) is 9.59 Å². The SMILES string of the molecule is C.CCC(C)(CC(C)(CC(C)(C)C)C(=O)O)C(C)=O. The van der Waals surface area contributed by atoms with Crippen molar-refractivity contribution in [1.82, 2.24) is 0 Å². The number of carbonyl (C=O) groups is 2. The highest BCUT2D eigenvalue weighted by molar-refractivity contribution is 5.83. The van der Waals surface area contributed by atoms with Crippen LogP contribution >= 0.6 is 0 Å². The molecular formula is C16H32O3. The first-order chi connectivity index (χ1) is 7.86. The van der Waals surface area contributed by atoms with Gasteiger partial charge in [-0.1, -0.05) is 42.0 Å². The molecule has 1 N–H and O–H groups in total. The fraction of sp³-hybridized carbons (Fsp3) is 0.875. The lowest BCUT2D eigenvalue weighted by Gasteiger charge is -2.38. The van der Waals surface area contributed by atoms with Crippen LogP contribution in [0.5, 0.6) is 0 Å². The molecule has 3 heteroatoms. The highest BCUT2D eigenvalue weighted by Crippen LogP contribution is 2.44. The second kappa shape index (κ2) is 6.53. The third-order valence-corrected chi connectivity index (χ3v) is 3.85. The molecule has 114 valence electrons. The first kappa shape index (κ1) is 20.5. The van der Waals surface area contributed by atoms with Gasteiger partial charge in [0.15, 0.2) is 0 Å². The Morgan fingerprint density at radius 1 is 0.947 bits per heavy atom. The first-order valence-corrected chi connectivity index (χ1v) is 6.61. The average Bonchev–Trinajstić information content (AvgIpc) is 2.13. The van der Waals surface area contributed by atoms with E-state index >= 15 is 0 Å². The summed E-state index contributed by atoms with van der Waals surface area (Å²) >= 11 is 0. The summed E-state index contributed by atoms with van der Waals surface area (Å²) in [6, 6.07) is 0. The number of carbonyl (C=O) groups excluding carboxylic acids is 1. The molecule has 0 aliphatic rings. The lowest BCUT2D eigenvalue weighted by molar-refractivity contribution is -0.153. The summed E-state index contributed by atoms with van der Waals surface area (Å²) in [5.74, 6) is -0.732. The summed E-state index contributed by atoms with van der Waals surface area (Å²) in [5, 5.41) is 9.53. The molecule has 0 saturated heterocycles. The van der Waals surface area contributed by atoms with E-state index in [2.05, 4.69) is 0 Å². The number of carboxylic acids is 1. The summed E-state index contributed by atoms with van der Waals surface area (Å²) in [6.45, 7) is 13.2. The topological polar surface area (TPSA) is 54.4 Å². The number of carboxylic acid groups (broad SMARTS) is 1. The monoisotopic (exact) mass is 272 g/mol. The number of aliphatic carboxylic acids is 1. The molecule has 0 rings (SSSR count). The maximum Gasteiger partial charge on any atom is 0.309 e. The van der Waals surface area contributed by atoms with E-state index in [1.807, 2.05) is 34.6 Å². The van der Waals surface area contributed by atoms with E-state index < -0.39 is 16.8 Å². The lowest BCUT2D eigenvalue weighted by Crippen LogP contribution is -2.40. The molecule has 19 heavy (non-hydrogen) atoms. The van der Waals surface area contributed by atoms with Gasteiger partial charge >= 0.3 is 5.97 Å². The van der Waals surface area contributed by atoms with Gasteiger partial charge in [-0.2, -0.15) is 0 Å². The van der Waals surface area contributed by atoms with Crippen molar-refractivity contribution >= 4 is 11.8 Å². The molecule has 0 amide bonds. The minimum absolute atomic E-state index is 0. The van der Waals surface area contributed by atoms with Crippen LogP contribution in [0.3, 0.4) is 0 Å². The third-order valence-electron chi connectivity index (χ3n) is 3.85. The smallest absolute Gasteiger partial charge is 0.309 e.